The number of hydrogen-bond acceptors (Lipinski definition) is 5. The zero-order chi connectivity index (χ0) is 13.2. The Morgan fingerprint density at radius 2 is 1.84 bits per heavy atom. The number of phenolic OH excluding ortho intramolecular Hbond substituents is 1. The molecule has 1 heterocycles. The molecular formula is C14H11N3OS. The van der Waals surface area contributed by atoms with Gasteiger partial charge < -0.3 is 10.4 Å². The van der Waals surface area contributed by atoms with E-state index in [1.54, 1.807) is 24.4 Å². The minimum atomic E-state index is 0.191. The number of fused-ring (bicyclic) bond motifs is 1. The largest absolute Gasteiger partial charge is 0.508 e. The van der Waals surface area contributed by atoms with E-state index in [0.29, 0.717) is 11.5 Å². The van der Waals surface area contributed by atoms with Crippen LogP contribution in [0.4, 0.5) is 11.6 Å². The van der Waals surface area contributed by atoms with Crippen LogP contribution in [0.5, 0.6) is 5.75 Å². The third-order valence-electron chi connectivity index (χ3n) is 2.69. The smallest absolute Gasteiger partial charge is 0.227 e. The van der Waals surface area contributed by atoms with E-state index in [9.17, 15) is 5.11 Å². The molecule has 0 aliphatic heterocycles. The lowest BCUT2D eigenvalue weighted by Gasteiger charge is -2.06. The predicted molar refractivity (Wildman–Crippen MR) is 78.2 cm³/mol. The van der Waals surface area contributed by atoms with Gasteiger partial charge in [0.1, 0.15) is 5.75 Å². The molecule has 1 aromatic heterocycles. The molecule has 0 bridgehead atoms. The number of thiol groups is 1. The first-order chi connectivity index (χ1) is 9.20. The van der Waals surface area contributed by atoms with Gasteiger partial charge in [0.15, 0.2) is 0 Å². The molecule has 4 nitrogen and oxygen atoms in total. The fourth-order valence-corrected chi connectivity index (χ4v) is 1.89. The minimum Gasteiger partial charge on any atom is -0.508 e. The molecule has 2 N–H and O–H groups in total. The lowest BCUT2D eigenvalue weighted by Crippen LogP contribution is -1.96. The van der Waals surface area contributed by atoms with Gasteiger partial charge in [-0.3, -0.25) is 0 Å². The zero-order valence-electron chi connectivity index (χ0n) is 9.91. The summed E-state index contributed by atoms with van der Waals surface area (Å²) in [7, 11) is 0. The first-order valence-corrected chi connectivity index (χ1v) is 6.17. The number of anilines is 2. The van der Waals surface area contributed by atoms with Crippen LogP contribution in [-0.4, -0.2) is 15.1 Å². The summed E-state index contributed by atoms with van der Waals surface area (Å²) < 4.78 is 0. The molecule has 2 aromatic carbocycles. The molecule has 94 valence electrons. The number of aromatic hydroxyl groups is 1. The maximum absolute atomic E-state index is 9.45. The van der Waals surface area contributed by atoms with Gasteiger partial charge in [-0.05, 0) is 36.4 Å². The Kier molecular flexibility index (Phi) is 2.97. The standard InChI is InChI=1S/C14H11N3OS/c18-11-4-1-9-8-15-14(17-13(9)7-11)16-10-2-5-12(19)6-3-10/h1-8,18-19H,(H,15,16,17). The molecular weight excluding hydrogens is 258 g/mol. The van der Waals surface area contributed by atoms with Crippen LogP contribution in [0.1, 0.15) is 0 Å². The molecule has 0 saturated carbocycles. The third kappa shape index (κ3) is 2.61. The van der Waals surface area contributed by atoms with Gasteiger partial charge in [0.2, 0.25) is 5.95 Å². The van der Waals surface area contributed by atoms with Crippen molar-refractivity contribution in [3.05, 3.63) is 48.7 Å². The van der Waals surface area contributed by atoms with Gasteiger partial charge in [0.25, 0.3) is 0 Å². The van der Waals surface area contributed by atoms with Crippen LogP contribution < -0.4 is 5.32 Å². The lowest BCUT2D eigenvalue weighted by atomic mass is 10.2. The molecule has 0 fully saturated rings. The van der Waals surface area contributed by atoms with Crippen LogP contribution in [-0.2, 0) is 0 Å². The maximum atomic E-state index is 9.45. The Bertz CT molecular complexity index is 728. The number of benzene rings is 2. The van der Waals surface area contributed by atoms with E-state index >= 15 is 0 Å². The van der Waals surface area contributed by atoms with Crippen LogP contribution >= 0.6 is 12.6 Å². The number of aromatic nitrogens is 2. The van der Waals surface area contributed by atoms with Crippen molar-refractivity contribution in [2.75, 3.05) is 5.32 Å². The van der Waals surface area contributed by atoms with Crippen molar-refractivity contribution in [2.45, 2.75) is 4.90 Å². The maximum Gasteiger partial charge on any atom is 0.227 e. The summed E-state index contributed by atoms with van der Waals surface area (Å²) in [6.07, 6.45) is 1.72. The van der Waals surface area contributed by atoms with E-state index in [4.69, 9.17) is 0 Å². The second-order valence-corrected chi connectivity index (χ2v) is 4.62. The van der Waals surface area contributed by atoms with E-state index in [0.717, 1.165) is 16.0 Å². The molecule has 0 aliphatic rings. The minimum absolute atomic E-state index is 0.191. The monoisotopic (exact) mass is 269 g/mol. The normalized spacial score (nSPS) is 10.6. The summed E-state index contributed by atoms with van der Waals surface area (Å²) in [6, 6.07) is 12.6. The van der Waals surface area contributed by atoms with E-state index in [-0.39, 0.29) is 5.75 Å². The van der Waals surface area contributed by atoms with Crippen molar-refractivity contribution < 1.29 is 5.11 Å². The van der Waals surface area contributed by atoms with Gasteiger partial charge >= 0.3 is 0 Å². The Morgan fingerprint density at radius 3 is 2.63 bits per heavy atom. The predicted octanol–water partition coefficient (Wildman–Crippen LogP) is 3.37. The third-order valence-corrected chi connectivity index (χ3v) is 2.99. The first kappa shape index (κ1) is 11.8. The number of phenols is 1. The van der Waals surface area contributed by atoms with Crippen molar-refractivity contribution in [3.63, 3.8) is 0 Å². The van der Waals surface area contributed by atoms with Crippen molar-refractivity contribution in [3.8, 4) is 5.75 Å². The molecule has 3 rings (SSSR count). The average molecular weight is 269 g/mol. The van der Waals surface area contributed by atoms with Crippen LogP contribution in [0.2, 0.25) is 0 Å². The summed E-state index contributed by atoms with van der Waals surface area (Å²) >= 11 is 4.23. The highest BCUT2D eigenvalue weighted by Gasteiger charge is 2.01. The van der Waals surface area contributed by atoms with Gasteiger partial charge in [-0.15, -0.1) is 12.6 Å². The molecule has 0 aliphatic carbocycles. The van der Waals surface area contributed by atoms with Crippen molar-refractivity contribution >= 4 is 35.2 Å². The van der Waals surface area contributed by atoms with Crippen LogP contribution in [0.15, 0.2) is 53.6 Å². The number of hydrogen-bond donors (Lipinski definition) is 3. The Morgan fingerprint density at radius 1 is 1.05 bits per heavy atom. The molecule has 0 radical (unpaired) electrons. The van der Waals surface area contributed by atoms with E-state index in [1.807, 2.05) is 24.3 Å². The summed E-state index contributed by atoms with van der Waals surface area (Å²) in [5.41, 5.74) is 1.58. The van der Waals surface area contributed by atoms with E-state index in [1.165, 1.54) is 0 Å². The summed E-state index contributed by atoms with van der Waals surface area (Å²) in [5.74, 6) is 0.682. The van der Waals surface area contributed by atoms with Gasteiger partial charge in [0.05, 0.1) is 5.52 Å². The molecule has 0 amide bonds. The summed E-state index contributed by atoms with van der Waals surface area (Å²) in [5, 5.41) is 13.4. The first-order valence-electron chi connectivity index (χ1n) is 5.72. The summed E-state index contributed by atoms with van der Waals surface area (Å²) in [6.45, 7) is 0. The quantitative estimate of drug-likeness (QED) is 0.624. The molecule has 0 atom stereocenters. The van der Waals surface area contributed by atoms with Crippen molar-refractivity contribution in [1.82, 2.24) is 9.97 Å². The van der Waals surface area contributed by atoms with Gasteiger partial charge in [-0.1, -0.05) is 0 Å². The number of nitrogens with zero attached hydrogens (tertiary/aromatic N) is 2. The van der Waals surface area contributed by atoms with Crippen LogP contribution in [0.3, 0.4) is 0 Å². The van der Waals surface area contributed by atoms with Crippen molar-refractivity contribution in [2.24, 2.45) is 0 Å². The second kappa shape index (κ2) is 4.78. The average Bonchev–Trinajstić information content (AvgIpc) is 2.41. The second-order valence-electron chi connectivity index (χ2n) is 4.11. The molecule has 3 aromatic rings. The van der Waals surface area contributed by atoms with E-state index < -0.39 is 0 Å². The lowest BCUT2D eigenvalue weighted by molar-refractivity contribution is 0.476. The summed E-state index contributed by atoms with van der Waals surface area (Å²) in [4.78, 5) is 9.48. The molecule has 0 spiro atoms. The zero-order valence-corrected chi connectivity index (χ0v) is 10.8. The van der Waals surface area contributed by atoms with Crippen LogP contribution in [0, 0.1) is 0 Å². The highest BCUT2D eigenvalue weighted by atomic mass is 32.1. The molecule has 0 saturated heterocycles. The van der Waals surface area contributed by atoms with Gasteiger partial charge in [0, 0.05) is 28.2 Å². The van der Waals surface area contributed by atoms with Crippen molar-refractivity contribution in [1.29, 1.82) is 0 Å². The molecule has 19 heavy (non-hydrogen) atoms. The number of rotatable bonds is 2. The molecule has 5 heteroatoms. The highest BCUT2D eigenvalue weighted by Crippen LogP contribution is 2.20. The highest BCUT2D eigenvalue weighted by molar-refractivity contribution is 7.80. The number of nitrogens with one attached hydrogen (secondary N) is 1. The Balaban J connectivity index is 1.94. The fraction of sp³-hybridized carbons (Fsp3) is 0. The fourth-order valence-electron chi connectivity index (χ4n) is 1.75. The topological polar surface area (TPSA) is 58.0 Å². The van der Waals surface area contributed by atoms with Gasteiger partial charge in [-0.2, -0.15) is 0 Å². The van der Waals surface area contributed by atoms with E-state index in [2.05, 4.69) is 27.9 Å². The van der Waals surface area contributed by atoms with Gasteiger partial charge in [-0.25, -0.2) is 9.97 Å². The van der Waals surface area contributed by atoms with Crippen LogP contribution in [0.25, 0.3) is 10.9 Å². The molecule has 0 unspecified atom stereocenters. The SMILES string of the molecule is Oc1ccc2cnc(Nc3ccc(S)cc3)nc2c1. The Hall–Kier alpha value is -2.27. The Labute approximate surface area is 115 Å².